The van der Waals surface area contributed by atoms with E-state index in [1.165, 1.54) is 6.07 Å². The van der Waals surface area contributed by atoms with Crippen molar-refractivity contribution in [2.45, 2.75) is 23.8 Å². The molecule has 0 amide bonds. The molecule has 0 bridgehead atoms. The fraction of sp³-hybridized carbons (Fsp3) is 0.333. The number of primary sulfonamides is 1. The molecule has 1 aliphatic rings. The molecule has 1 aromatic carbocycles. The van der Waals surface area contributed by atoms with Crippen LogP contribution < -0.4 is 10.5 Å². The van der Waals surface area contributed by atoms with Gasteiger partial charge in [0, 0.05) is 15.5 Å². The minimum atomic E-state index is -3.77. The second kappa shape index (κ2) is 4.18. The van der Waals surface area contributed by atoms with Gasteiger partial charge < -0.3 is 5.32 Å². The lowest BCUT2D eigenvalue weighted by molar-refractivity contribution is 0.597. The first-order valence-corrected chi connectivity index (χ1v) is 7.38. The van der Waals surface area contributed by atoms with Crippen LogP contribution in [-0.2, 0) is 10.0 Å². The molecule has 7 heteroatoms. The summed E-state index contributed by atoms with van der Waals surface area (Å²) in [5.74, 6) is 0. The van der Waals surface area contributed by atoms with Gasteiger partial charge in [0.2, 0.25) is 10.0 Å². The summed E-state index contributed by atoms with van der Waals surface area (Å²) in [7, 11) is -3.77. The van der Waals surface area contributed by atoms with E-state index in [0.717, 1.165) is 12.8 Å². The summed E-state index contributed by atoms with van der Waals surface area (Å²) in [6, 6.07) is 3.41. The molecule has 2 rings (SSSR count). The molecule has 4 nitrogen and oxygen atoms in total. The lowest BCUT2D eigenvalue weighted by atomic mass is 10.3. The van der Waals surface area contributed by atoms with Gasteiger partial charge in [-0.3, -0.25) is 0 Å². The molecule has 0 atom stereocenters. The zero-order valence-corrected chi connectivity index (χ0v) is 11.4. The van der Waals surface area contributed by atoms with E-state index in [4.69, 9.17) is 16.7 Å². The van der Waals surface area contributed by atoms with Gasteiger partial charge in [0.05, 0.1) is 5.69 Å². The van der Waals surface area contributed by atoms with Crippen molar-refractivity contribution in [3.05, 3.63) is 21.6 Å². The molecule has 0 heterocycles. The van der Waals surface area contributed by atoms with Crippen LogP contribution in [0.2, 0.25) is 5.02 Å². The number of sulfonamides is 1. The first-order chi connectivity index (χ1) is 7.38. The number of nitrogens with one attached hydrogen (secondary N) is 1. The summed E-state index contributed by atoms with van der Waals surface area (Å²) in [5, 5.41) is 8.72. The highest BCUT2D eigenvalue weighted by molar-refractivity contribution is 9.10. The molecule has 0 unspecified atom stereocenters. The van der Waals surface area contributed by atoms with Crippen LogP contribution >= 0.6 is 27.5 Å². The van der Waals surface area contributed by atoms with Crippen LogP contribution in [0.4, 0.5) is 5.69 Å². The van der Waals surface area contributed by atoms with Gasteiger partial charge in [-0.1, -0.05) is 11.6 Å². The molecular weight excluding hydrogens is 316 g/mol. The van der Waals surface area contributed by atoms with Crippen molar-refractivity contribution in [3.8, 4) is 0 Å². The smallest absolute Gasteiger partial charge is 0.241 e. The van der Waals surface area contributed by atoms with Gasteiger partial charge in [-0.05, 0) is 40.9 Å². The van der Waals surface area contributed by atoms with Gasteiger partial charge in [0.1, 0.15) is 4.90 Å². The molecular formula is C9H10BrClN2O2S. The number of hydrogen-bond acceptors (Lipinski definition) is 3. The largest absolute Gasteiger partial charge is 0.381 e. The van der Waals surface area contributed by atoms with Crippen LogP contribution in [0.3, 0.4) is 0 Å². The van der Waals surface area contributed by atoms with Crippen LogP contribution in [0.1, 0.15) is 12.8 Å². The normalized spacial score (nSPS) is 16.2. The Labute approximate surface area is 107 Å². The van der Waals surface area contributed by atoms with Crippen molar-refractivity contribution < 1.29 is 8.42 Å². The van der Waals surface area contributed by atoms with Gasteiger partial charge in [0.25, 0.3) is 0 Å². The molecule has 3 N–H and O–H groups in total. The highest BCUT2D eigenvalue weighted by Gasteiger charge is 2.25. The van der Waals surface area contributed by atoms with Gasteiger partial charge in [-0.2, -0.15) is 0 Å². The number of halogens is 2. The first-order valence-electron chi connectivity index (χ1n) is 4.66. The molecule has 88 valence electrons. The zero-order chi connectivity index (χ0) is 11.9. The number of rotatable bonds is 3. The van der Waals surface area contributed by atoms with Crippen molar-refractivity contribution >= 4 is 43.2 Å². The molecule has 0 radical (unpaired) electrons. The minimum absolute atomic E-state index is 0.0591. The maximum absolute atomic E-state index is 11.5. The quantitative estimate of drug-likeness (QED) is 0.896. The van der Waals surface area contributed by atoms with Crippen LogP contribution in [0, 0.1) is 0 Å². The molecule has 16 heavy (non-hydrogen) atoms. The van der Waals surface area contributed by atoms with E-state index in [1.54, 1.807) is 6.07 Å². The third-order valence-corrected chi connectivity index (χ3v) is 4.34. The SMILES string of the molecule is NS(=O)(=O)c1c(Br)cc(Cl)cc1NC1CC1. The van der Waals surface area contributed by atoms with Crippen molar-refractivity contribution in [1.29, 1.82) is 0 Å². The highest BCUT2D eigenvalue weighted by atomic mass is 79.9. The standard InChI is InChI=1S/C9H10BrClN2O2S/c10-7-3-5(11)4-8(13-6-1-2-6)9(7)16(12,14)15/h3-4,6,13H,1-2H2,(H2,12,14,15). The Morgan fingerprint density at radius 1 is 1.44 bits per heavy atom. The van der Waals surface area contributed by atoms with E-state index in [0.29, 0.717) is 21.2 Å². The molecule has 0 aromatic heterocycles. The summed E-state index contributed by atoms with van der Waals surface area (Å²) in [5.41, 5.74) is 0.462. The van der Waals surface area contributed by atoms with Crippen LogP contribution in [0.5, 0.6) is 0 Å². The van der Waals surface area contributed by atoms with Crippen molar-refractivity contribution in [1.82, 2.24) is 0 Å². The average Bonchev–Trinajstić information content (AvgIpc) is 2.83. The van der Waals surface area contributed by atoms with Crippen LogP contribution in [-0.4, -0.2) is 14.5 Å². The van der Waals surface area contributed by atoms with Crippen molar-refractivity contribution in [2.75, 3.05) is 5.32 Å². The topological polar surface area (TPSA) is 72.2 Å². The second-order valence-corrected chi connectivity index (χ2v) is 6.52. The fourth-order valence-electron chi connectivity index (χ4n) is 1.40. The number of anilines is 1. The number of nitrogens with two attached hydrogens (primary N) is 1. The fourth-order valence-corrected chi connectivity index (χ4v) is 3.65. The molecule has 0 saturated heterocycles. The Hall–Kier alpha value is -0.300. The monoisotopic (exact) mass is 324 g/mol. The summed E-state index contributed by atoms with van der Waals surface area (Å²) in [6.45, 7) is 0. The molecule has 1 fully saturated rings. The molecule has 1 aromatic rings. The summed E-state index contributed by atoms with van der Waals surface area (Å²) in [4.78, 5) is 0.0591. The van der Waals surface area contributed by atoms with Gasteiger partial charge in [-0.25, -0.2) is 13.6 Å². The van der Waals surface area contributed by atoms with Gasteiger partial charge in [-0.15, -0.1) is 0 Å². The minimum Gasteiger partial charge on any atom is -0.381 e. The molecule has 1 saturated carbocycles. The third-order valence-electron chi connectivity index (χ3n) is 2.23. The summed E-state index contributed by atoms with van der Waals surface area (Å²) >= 11 is 9.03. The lowest BCUT2D eigenvalue weighted by Crippen LogP contribution is -2.16. The van der Waals surface area contributed by atoms with Gasteiger partial charge >= 0.3 is 0 Å². The first kappa shape index (κ1) is 12.2. The number of benzene rings is 1. The maximum Gasteiger partial charge on any atom is 0.241 e. The maximum atomic E-state index is 11.5. The molecule has 0 aliphatic heterocycles. The zero-order valence-electron chi connectivity index (χ0n) is 8.20. The van der Waals surface area contributed by atoms with E-state index in [2.05, 4.69) is 21.2 Å². The Morgan fingerprint density at radius 3 is 2.56 bits per heavy atom. The Kier molecular flexibility index (Phi) is 3.18. The summed E-state index contributed by atoms with van der Waals surface area (Å²) in [6.07, 6.45) is 2.07. The highest BCUT2D eigenvalue weighted by Crippen LogP contribution is 2.35. The van der Waals surface area contributed by atoms with Crippen LogP contribution in [0.15, 0.2) is 21.5 Å². The second-order valence-electron chi connectivity index (χ2n) is 3.73. The van der Waals surface area contributed by atoms with E-state index >= 15 is 0 Å². The average molecular weight is 326 g/mol. The molecule has 0 spiro atoms. The Morgan fingerprint density at radius 2 is 2.06 bits per heavy atom. The molecule has 1 aliphatic carbocycles. The summed E-state index contributed by atoms with van der Waals surface area (Å²) < 4.78 is 23.3. The van der Waals surface area contributed by atoms with Crippen molar-refractivity contribution in [3.63, 3.8) is 0 Å². The van der Waals surface area contributed by atoms with Gasteiger partial charge in [0.15, 0.2) is 0 Å². The third kappa shape index (κ3) is 2.68. The van der Waals surface area contributed by atoms with Crippen LogP contribution in [0.25, 0.3) is 0 Å². The predicted octanol–water partition coefficient (Wildman–Crippen LogP) is 2.32. The van der Waals surface area contributed by atoms with E-state index in [1.807, 2.05) is 0 Å². The van der Waals surface area contributed by atoms with E-state index in [-0.39, 0.29) is 4.90 Å². The van der Waals surface area contributed by atoms with E-state index < -0.39 is 10.0 Å². The lowest BCUT2D eigenvalue weighted by Gasteiger charge is -2.12. The number of hydrogen-bond donors (Lipinski definition) is 2. The van der Waals surface area contributed by atoms with Crippen molar-refractivity contribution in [2.24, 2.45) is 5.14 Å². The Bertz CT molecular complexity index is 529. The predicted molar refractivity (Wildman–Crippen MR) is 67.2 cm³/mol. The van der Waals surface area contributed by atoms with E-state index in [9.17, 15) is 8.42 Å². The Balaban J connectivity index is 2.54.